The molecule has 0 aromatic heterocycles. The predicted molar refractivity (Wildman–Crippen MR) is 37.4 cm³/mol. The lowest BCUT2D eigenvalue weighted by molar-refractivity contribution is 0.692. The van der Waals surface area contributed by atoms with Gasteiger partial charge in [-0.2, -0.15) is 5.26 Å². The second-order valence-electron chi connectivity index (χ2n) is 2.37. The van der Waals surface area contributed by atoms with E-state index < -0.39 is 4.33 Å². The van der Waals surface area contributed by atoms with Crippen molar-refractivity contribution >= 4 is 23.2 Å². The summed E-state index contributed by atoms with van der Waals surface area (Å²) in [6.07, 6.45) is 2.41. The molecule has 0 unspecified atom stereocenters. The van der Waals surface area contributed by atoms with Crippen molar-refractivity contribution in [3.8, 4) is 6.07 Å². The van der Waals surface area contributed by atoms with Gasteiger partial charge in [0.2, 0.25) is 0 Å². The van der Waals surface area contributed by atoms with Crippen LogP contribution in [-0.2, 0) is 0 Å². The lowest BCUT2D eigenvalue weighted by atomic mass is 10.2. The van der Waals surface area contributed by atoms with E-state index in [2.05, 4.69) is 0 Å². The highest BCUT2D eigenvalue weighted by Crippen LogP contribution is 2.48. The highest BCUT2D eigenvalue weighted by Gasteiger charge is 2.42. The molecular formula is C6H7Cl2N. The molecule has 0 bridgehead atoms. The first kappa shape index (κ1) is 7.18. The lowest BCUT2D eigenvalue weighted by Gasteiger charge is -2.12. The minimum atomic E-state index is -0.755. The van der Waals surface area contributed by atoms with E-state index in [-0.39, 0.29) is 6.42 Å². The van der Waals surface area contributed by atoms with E-state index >= 15 is 0 Å². The number of hydrogen-bond acceptors (Lipinski definition) is 1. The van der Waals surface area contributed by atoms with E-state index in [1.54, 1.807) is 0 Å². The summed E-state index contributed by atoms with van der Waals surface area (Å²) in [5.41, 5.74) is 0. The van der Waals surface area contributed by atoms with Crippen LogP contribution in [0, 0.1) is 17.2 Å². The number of nitriles is 1. The molecule has 0 aromatic carbocycles. The fourth-order valence-corrected chi connectivity index (χ4v) is 1.31. The van der Waals surface area contributed by atoms with Gasteiger partial charge in [-0.1, -0.05) is 0 Å². The van der Waals surface area contributed by atoms with Gasteiger partial charge in [0.05, 0.1) is 12.5 Å². The molecule has 0 heterocycles. The van der Waals surface area contributed by atoms with E-state index in [1.807, 2.05) is 6.07 Å². The molecule has 1 fully saturated rings. The Hall–Kier alpha value is 0.0700. The van der Waals surface area contributed by atoms with Crippen LogP contribution in [0.15, 0.2) is 0 Å². The molecule has 0 N–H and O–H groups in total. The minimum absolute atomic E-state index is 0.251. The molecule has 9 heavy (non-hydrogen) atoms. The van der Waals surface area contributed by atoms with Crippen LogP contribution in [0.25, 0.3) is 0 Å². The second kappa shape index (κ2) is 2.36. The van der Waals surface area contributed by atoms with Gasteiger partial charge in [0.1, 0.15) is 4.33 Å². The summed E-state index contributed by atoms with van der Waals surface area (Å²) >= 11 is 11.6. The Kier molecular flexibility index (Phi) is 1.88. The molecule has 1 aliphatic carbocycles. The van der Waals surface area contributed by atoms with Crippen LogP contribution >= 0.6 is 23.2 Å². The zero-order valence-electron chi connectivity index (χ0n) is 4.90. The van der Waals surface area contributed by atoms with Crippen LogP contribution < -0.4 is 0 Å². The first-order valence-corrected chi connectivity index (χ1v) is 3.67. The zero-order valence-corrected chi connectivity index (χ0v) is 6.41. The number of rotatable bonds is 2. The van der Waals surface area contributed by atoms with E-state index in [4.69, 9.17) is 28.5 Å². The Morgan fingerprint density at radius 3 is 2.44 bits per heavy atom. The molecule has 0 aliphatic heterocycles. The number of hydrogen-bond donors (Lipinski definition) is 0. The highest BCUT2D eigenvalue weighted by atomic mass is 35.5. The highest BCUT2D eigenvalue weighted by molar-refractivity contribution is 6.48. The molecule has 1 saturated carbocycles. The zero-order chi connectivity index (χ0) is 6.91. The Labute approximate surface area is 64.6 Å². The van der Waals surface area contributed by atoms with Gasteiger partial charge in [0.25, 0.3) is 0 Å². The molecule has 1 nitrogen and oxygen atoms in total. The Bertz CT molecular complexity index is 144. The van der Waals surface area contributed by atoms with E-state index in [0.29, 0.717) is 5.92 Å². The van der Waals surface area contributed by atoms with Crippen molar-refractivity contribution in [1.82, 2.24) is 0 Å². The van der Waals surface area contributed by atoms with Crippen molar-refractivity contribution in [1.29, 1.82) is 5.26 Å². The fraction of sp³-hybridized carbons (Fsp3) is 0.833. The average molecular weight is 164 g/mol. The maximum absolute atomic E-state index is 8.26. The van der Waals surface area contributed by atoms with Crippen molar-refractivity contribution in [2.24, 2.45) is 5.92 Å². The van der Waals surface area contributed by atoms with Crippen LogP contribution in [0.1, 0.15) is 19.3 Å². The quantitative estimate of drug-likeness (QED) is 0.575. The summed E-state index contributed by atoms with van der Waals surface area (Å²) < 4.78 is -0.755. The summed E-state index contributed by atoms with van der Waals surface area (Å²) in [5, 5.41) is 8.26. The summed E-state index contributed by atoms with van der Waals surface area (Å²) in [6.45, 7) is 0. The lowest BCUT2D eigenvalue weighted by Crippen LogP contribution is -2.13. The largest absolute Gasteiger partial charge is 0.198 e. The number of halogens is 2. The SMILES string of the molecule is N#CCC(Cl)(Cl)C1CC1. The third-order valence-electron chi connectivity index (χ3n) is 1.49. The van der Waals surface area contributed by atoms with E-state index in [1.165, 1.54) is 0 Å². The van der Waals surface area contributed by atoms with Crippen LogP contribution in [0.3, 0.4) is 0 Å². The van der Waals surface area contributed by atoms with E-state index in [9.17, 15) is 0 Å². The van der Waals surface area contributed by atoms with Crippen LogP contribution in [0.4, 0.5) is 0 Å². The third kappa shape index (κ3) is 1.74. The number of nitrogens with zero attached hydrogens (tertiary/aromatic N) is 1. The maximum atomic E-state index is 8.26. The molecule has 50 valence electrons. The van der Waals surface area contributed by atoms with E-state index in [0.717, 1.165) is 12.8 Å². The summed E-state index contributed by atoms with van der Waals surface area (Å²) in [4.78, 5) is 0. The monoisotopic (exact) mass is 163 g/mol. The predicted octanol–water partition coefficient (Wildman–Crippen LogP) is 2.48. The van der Waals surface area contributed by atoms with Gasteiger partial charge in [0, 0.05) is 0 Å². The first-order valence-electron chi connectivity index (χ1n) is 2.91. The van der Waals surface area contributed by atoms with Crippen LogP contribution in [0.5, 0.6) is 0 Å². The van der Waals surface area contributed by atoms with Gasteiger partial charge in [0.15, 0.2) is 0 Å². The second-order valence-corrected chi connectivity index (χ2v) is 3.91. The van der Waals surface area contributed by atoms with Crippen molar-refractivity contribution < 1.29 is 0 Å². The molecule has 0 aromatic rings. The summed E-state index contributed by atoms with van der Waals surface area (Å²) in [7, 11) is 0. The van der Waals surface area contributed by atoms with Gasteiger partial charge in [-0.05, 0) is 18.8 Å². The molecule has 1 rings (SSSR count). The summed E-state index contributed by atoms with van der Waals surface area (Å²) in [6, 6.07) is 1.97. The smallest absolute Gasteiger partial charge is 0.134 e. The number of alkyl halides is 2. The average Bonchev–Trinajstić information content (AvgIpc) is 2.41. The van der Waals surface area contributed by atoms with Crippen molar-refractivity contribution in [2.45, 2.75) is 23.6 Å². The standard InChI is InChI=1S/C6H7Cl2N/c7-6(8,3-4-9)5-1-2-5/h5H,1-3H2. The van der Waals surface area contributed by atoms with Gasteiger partial charge < -0.3 is 0 Å². The molecule has 0 spiro atoms. The minimum Gasteiger partial charge on any atom is -0.198 e. The molecule has 3 heteroatoms. The Morgan fingerprint density at radius 1 is 1.56 bits per heavy atom. The van der Waals surface area contributed by atoms with Gasteiger partial charge in [-0.25, -0.2) is 0 Å². The molecule has 1 aliphatic rings. The molecule has 0 saturated heterocycles. The summed E-state index contributed by atoms with van der Waals surface area (Å²) in [5.74, 6) is 0.375. The fourth-order valence-electron chi connectivity index (χ4n) is 0.755. The molecular weight excluding hydrogens is 157 g/mol. The van der Waals surface area contributed by atoms with Gasteiger partial charge in [-0.3, -0.25) is 0 Å². The van der Waals surface area contributed by atoms with Crippen molar-refractivity contribution in [3.05, 3.63) is 0 Å². The van der Waals surface area contributed by atoms with Crippen molar-refractivity contribution in [2.75, 3.05) is 0 Å². The van der Waals surface area contributed by atoms with Gasteiger partial charge in [-0.15, -0.1) is 23.2 Å². The Morgan fingerprint density at radius 2 is 2.11 bits per heavy atom. The normalized spacial score (nSPS) is 19.2. The van der Waals surface area contributed by atoms with Crippen LogP contribution in [0.2, 0.25) is 0 Å². The molecule has 0 radical (unpaired) electrons. The van der Waals surface area contributed by atoms with Crippen LogP contribution in [-0.4, -0.2) is 4.33 Å². The first-order chi connectivity index (χ1) is 4.17. The van der Waals surface area contributed by atoms with Crippen molar-refractivity contribution in [3.63, 3.8) is 0 Å². The molecule has 0 atom stereocenters. The molecule has 0 amide bonds. The Balaban J connectivity index is 2.41. The topological polar surface area (TPSA) is 23.8 Å². The van der Waals surface area contributed by atoms with Gasteiger partial charge >= 0.3 is 0 Å². The maximum Gasteiger partial charge on any atom is 0.134 e. The third-order valence-corrected chi connectivity index (χ3v) is 2.37.